The molecule has 1 atom stereocenters. The van der Waals surface area contributed by atoms with Crippen molar-refractivity contribution in [1.82, 2.24) is 10.2 Å². The minimum atomic E-state index is -0.347. The summed E-state index contributed by atoms with van der Waals surface area (Å²) in [5.74, 6) is 0.142. The molecule has 1 unspecified atom stereocenters. The molecule has 0 radical (unpaired) electrons. The lowest BCUT2D eigenvalue weighted by Gasteiger charge is -2.47. The standard InChI is InChI=1S/C18H25NO2.C13H20N2O2.ClH/c1-2-4-15(5-3-1)17(16-6-11-19-14-16)7-9-18(10-8-17)20-12-13-21-18;14-11-12(15-7-1-2-8-15)3-5-13(6-4-12)16-9-10-17-13;/h1-5,16,19H,6-14H2;1-10H2;1H. The summed E-state index contributed by atoms with van der Waals surface area (Å²) in [7, 11) is 0. The number of rotatable bonds is 3. The number of halogens is 1. The van der Waals surface area contributed by atoms with Crippen LogP contribution in [-0.4, -0.2) is 74.6 Å². The first-order chi connectivity index (χ1) is 18.6. The molecule has 6 fully saturated rings. The molecular formula is C31H46ClN3O4. The van der Waals surface area contributed by atoms with Gasteiger partial charge >= 0.3 is 0 Å². The van der Waals surface area contributed by atoms with E-state index in [2.05, 4.69) is 46.6 Å². The largest absolute Gasteiger partial charge is 0.348 e. The Hall–Kier alpha value is -1.24. The van der Waals surface area contributed by atoms with Crippen LogP contribution in [0.25, 0.3) is 0 Å². The van der Waals surface area contributed by atoms with E-state index in [1.54, 1.807) is 0 Å². The van der Waals surface area contributed by atoms with E-state index in [1.165, 1.54) is 37.7 Å². The predicted octanol–water partition coefficient (Wildman–Crippen LogP) is 4.93. The number of ether oxygens (including phenoxy) is 4. The first kappa shape index (κ1) is 29.3. The lowest BCUT2D eigenvalue weighted by molar-refractivity contribution is -0.188. The van der Waals surface area contributed by atoms with Crippen molar-refractivity contribution < 1.29 is 18.9 Å². The van der Waals surface area contributed by atoms with Crippen LogP contribution in [0.2, 0.25) is 0 Å². The molecule has 4 aliphatic heterocycles. The van der Waals surface area contributed by atoms with Gasteiger partial charge in [-0.1, -0.05) is 30.3 Å². The van der Waals surface area contributed by atoms with Crippen LogP contribution in [0.4, 0.5) is 0 Å². The van der Waals surface area contributed by atoms with Gasteiger partial charge in [-0.25, -0.2) is 0 Å². The first-order valence-corrected chi connectivity index (χ1v) is 15.1. The van der Waals surface area contributed by atoms with Gasteiger partial charge in [0.05, 0.1) is 32.5 Å². The van der Waals surface area contributed by atoms with Gasteiger partial charge in [0.2, 0.25) is 0 Å². The maximum atomic E-state index is 9.56. The molecule has 7 nitrogen and oxygen atoms in total. The highest BCUT2D eigenvalue weighted by Gasteiger charge is 2.51. The van der Waals surface area contributed by atoms with Crippen molar-refractivity contribution in [3.63, 3.8) is 0 Å². The molecule has 2 saturated carbocycles. The molecule has 0 bridgehead atoms. The summed E-state index contributed by atoms with van der Waals surface area (Å²) >= 11 is 0. The summed E-state index contributed by atoms with van der Waals surface area (Å²) in [5, 5.41) is 13.1. The van der Waals surface area contributed by atoms with Crippen molar-refractivity contribution in [2.45, 2.75) is 93.2 Å². The molecule has 2 aliphatic carbocycles. The predicted molar refractivity (Wildman–Crippen MR) is 152 cm³/mol. The fourth-order valence-corrected chi connectivity index (χ4v) is 8.17. The molecule has 1 aromatic rings. The second-order valence-corrected chi connectivity index (χ2v) is 12.3. The van der Waals surface area contributed by atoms with E-state index in [1.807, 2.05) is 0 Å². The average molecular weight is 560 g/mol. The van der Waals surface area contributed by atoms with Crippen molar-refractivity contribution in [3.8, 4) is 6.07 Å². The topological polar surface area (TPSA) is 76.0 Å². The molecular weight excluding hydrogens is 514 g/mol. The fraction of sp³-hybridized carbons (Fsp3) is 0.774. The SMILES string of the molecule is Cl.N#CC1(N2CCCC2)CCC2(CC1)OCCO2.c1ccc(C2(C3CCNC3)CCC3(CC2)OCCO3)cc1. The number of nitrogens with one attached hydrogen (secondary N) is 1. The van der Waals surface area contributed by atoms with Crippen LogP contribution in [0.3, 0.4) is 0 Å². The Morgan fingerprint density at radius 2 is 1.31 bits per heavy atom. The van der Waals surface area contributed by atoms with E-state index >= 15 is 0 Å². The summed E-state index contributed by atoms with van der Waals surface area (Å²) in [5.41, 5.74) is 1.59. The van der Waals surface area contributed by atoms with Crippen LogP contribution in [0.15, 0.2) is 30.3 Å². The monoisotopic (exact) mass is 559 g/mol. The van der Waals surface area contributed by atoms with E-state index < -0.39 is 0 Å². The number of nitrogens with zero attached hydrogens (tertiary/aromatic N) is 2. The first-order valence-electron chi connectivity index (χ1n) is 15.1. The van der Waals surface area contributed by atoms with Gasteiger partial charge in [-0.3, -0.25) is 4.90 Å². The average Bonchev–Trinajstić information content (AvgIpc) is 3.81. The highest BCUT2D eigenvalue weighted by atomic mass is 35.5. The van der Waals surface area contributed by atoms with Crippen molar-refractivity contribution >= 4 is 12.4 Å². The molecule has 4 saturated heterocycles. The van der Waals surface area contributed by atoms with Gasteiger partial charge in [0.25, 0.3) is 0 Å². The molecule has 8 heteroatoms. The smallest absolute Gasteiger partial charge is 0.168 e. The van der Waals surface area contributed by atoms with Crippen molar-refractivity contribution in [1.29, 1.82) is 5.26 Å². The number of nitriles is 1. The van der Waals surface area contributed by atoms with Gasteiger partial charge < -0.3 is 24.3 Å². The van der Waals surface area contributed by atoms with Gasteiger partial charge in [0.1, 0.15) is 5.54 Å². The normalized spacial score (nSPS) is 32.8. The van der Waals surface area contributed by atoms with Crippen molar-refractivity contribution in [2.75, 3.05) is 52.6 Å². The Bertz CT molecular complexity index is 942. The number of likely N-dealkylation sites (tertiary alicyclic amines) is 1. The van der Waals surface area contributed by atoms with Gasteiger partial charge in [-0.15, -0.1) is 12.4 Å². The van der Waals surface area contributed by atoms with Gasteiger partial charge in [-0.05, 0) is 88.0 Å². The Labute approximate surface area is 240 Å². The van der Waals surface area contributed by atoms with Crippen LogP contribution in [0.5, 0.6) is 0 Å². The second kappa shape index (κ2) is 12.3. The molecule has 2 spiro atoms. The molecule has 7 rings (SSSR count). The highest BCUT2D eigenvalue weighted by Crippen LogP contribution is 2.51. The van der Waals surface area contributed by atoms with E-state index in [9.17, 15) is 5.26 Å². The van der Waals surface area contributed by atoms with E-state index in [0.29, 0.717) is 18.6 Å². The van der Waals surface area contributed by atoms with E-state index in [0.717, 1.165) is 83.8 Å². The second-order valence-electron chi connectivity index (χ2n) is 12.3. The zero-order valence-electron chi connectivity index (χ0n) is 23.3. The van der Waals surface area contributed by atoms with Gasteiger partial charge in [0.15, 0.2) is 11.6 Å². The van der Waals surface area contributed by atoms with Crippen LogP contribution in [-0.2, 0) is 24.4 Å². The Kier molecular flexibility index (Phi) is 9.25. The van der Waals surface area contributed by atoms with Crippen LogP contribution in [0.1, 0.15) is 76.2 Å². The molecule has 39 heavy (non-hydrogen) atoms. The van der Waals surface area contributed by atoms with Crippen molar-refractivity contribution in [2.24, 2.45) is 5.92 Å². The number of hydrogen-bond donors (Lipinski definition) is 1. The fourth-order valence-electron chi connectivity index (χ4n) is 8.17. The van der Waals surface area contributed by atoms with E-state index in [-0.39, 0.29) is 29.5 Å². The third-order valence-corrected chi connectivity index (χ3v) is 10.5. The summed E-state index contributed by atoms with van der Waals surface area (Å²) < 4.78 is 23.3. The zero-order chi connectivity index (χ0) is 25.9. The molecule has 1 N–H and O–H groups in total. The van der Waals surface area contributed by atoms with Crippen LogP contribution in [0, 0.1) is 17.2 Å². The summed E-state index contributed by atoms with van der Waals surface area (Å²) in [6.07, 6.45) is 11.7. The summed E-state index contributed by atoms with van der Waals surface area (Å²) in [6.45, 7) is 7.45. The highest BCUT2D eigenvalue weighted by molar-refractivity contribution is 5.85. The minimum Gasteiger partial charge on any atom is -0.348 e. The maximum absolute atomic E-state index is 9.56. The molecule has 6 aliphatic rings. The lowest BCUT2D eigenvalue weighted by atomic mass is 9.60. The van der Waals surface area contributed by atoms with Crippen LogP contribution < -0.4 is 5.32 Å². The number of benzene rings is 1. The van der Waals surface area contributed by atoms with Gasteiger partial charge in [0, 0.05) is 25.7 Å². The Balaban J connectivity index is 0.000000157. The Morgan fingerprint density at radius 1 is 0.769 bits per heavy atom. The van der Waals surface area contributed by atoms with Gasteiger partial charge in [-0.2, -0.15) is 5.26 Å². The minimum absolute atomic E-state index is 0. The quantitative estimate of drug-likeness (QED) is 0.562. The molecule has 4 heterocycles. The van der Waals surface area contributed by atoms with Crippen molar-refractivity contribution in [3.05, 3.63) is 35.9 Å². The summed E-state index contributed by atoms with van der Waals surface area (Å²) in [6, 6.07) is 13.7. The third-order valence-electron chi connectivity index (χ3n) is 10.5. The number of hydrogen-bond acceptors (Lipinski definition) is 7. The van der Waals surface area contributed by atoms with E-state index in [4.69, 9.17) is 18.9 Å². The summed E-state index contributed by atoms with van der Waals surface area (Å²) in [4.78, 5) is 2.38. The molecule has 216 valence electrons. The molecule has 0 amide bonds. The lowest BCUT2D eigenvalue weighted by Crippen LogP contribution is -2.52. The third kappa shape index (κ3) is 5.77. The molecule has 1 aromatic carbocycles. The zero-order valence-corrected chi connectivity index (χ0v) is 24.2. The molecule has 0 aromatic heterocycles. The maximum Gasteiger partial charge on any atom is 0.168 e. The van der Waals surface area contributed by atoms with Crippen LogP contribution >= 0.6 is 12.4 Å². The Morgan fingerprint density at radius 3 is 1.79 bits per heavy atom.